The van der Waals surface area contributed by atoms with Gasteiger partial charge in [-0.3, -0.25) is 4.98 Å². The third-order valence-corrected chi connectivity index (χ3v) is 8.37. The van der Waals surface area contributed by atoms with Crippen molar-refractivity contribution in [3.05, 3.63) is 194 Å². The lowest BCUT2D eigenvalue weighted by molar-refractivity contribution is 1.04. The van der Waals surface area contributed by atoms with E-state index in [1.165, 1.54) is 10.8 Å². The van der Waals surface area contributed by atoms with Gasteiger partial charge in [0, 0.05) is 22.9 Å². The highest BCUT2D eigenvalue weighted by atomic mass is 15.0. The molecule has 0 saturated carbocycles. The van der Waals surface area contributed by atoms with Gasteiger partial charge in [0.05, 0.1) is 5.69 Å². The van der Waals surface area contributed by atoms with Crippen molar-refractivity contribution in [1.29, 1.82) is 0 Å². The van der Waals surface area contributed by atoms with Crippen LogP contribution in [0.4, 0.5) is 0 Å². The summed E-state index contributed by atoms with van der Waals surface area (Å²) in [6.45, 7) is 12.1. The molecule has 4 nitrogen and oxygen atoms in total. The first kappa shape index (κ1) is 34.3. The molecule has 0 amide bonds. The lowest BCUT2D eigenvalue weighted by Gasteiger charge is -2.13. The van der Waals surface area contributed by atoms with E-state index in [9.17, 15) is 0 Å². The van der Waals surface area contributed by atoms with Crippen LogP contribution in [0.3, 0.4) is 0 Å². The second kappa shape index (κ2) is 16.7. The number of benzene rings is 4. The molecule has 0 spiro atoms. The molecule has 6 rings (SSSR count). The van der Waals surface area contributed by atoms with E-state index in [1.807, 2.05) is 73.8 Å². The van der Waals surface area contributed by atoms with Crippen molar-refractivity contribution in [1.82, 2.24) is 19.9 Å². The minimum atomic E-state index is 0.585. The van der Waals surface area contributed by atoms with Crippen LogP contribution in [0.5, 0.6) is 0 Å². The monoisotopic (exact) mass is 660 g/mol. The Balaban J connectivity index is 1.51. The minimum absolute atomic E-state index is 0.585. The van der Waals surface area contributed by atoms with Gasteiger partial charge in [0.25, 0.3) is 0 Å². The number of pyridine rings is 1. The van der Waals surface area contributed by atoms with Crippen LogP contribution in [0.2, 0.25) is 0 Å². The third kappa shape index (κ3) is 8.56. The van der Waals surface area contributed by atoms with Gasteiger partial charge in [0.15, 0.2) is 17.5 Å². The molecule has 0 bridgehead atoms. The van der Waals surface area contributed by atoms with E-state index >= 15 is 0 Å². The number of aromatic nitrogens is 4. The molecule has 0 atom stereocenters. The normalized spacial score (nSPS) is 12.4. The van der Waals surface area contributed by atoms with E-state index in [0.717, 1.165) is 56.6 Å². The van der Waals surface area contributed by atoms with Crippen molar-refractivity contribution in [2.45, 2.75) is 20.3 Å². The highest BCUT2D eigenvalue weighted by Gasteiger charge is 2.15. The predicted molar refractivity (Wildman–Crippen MR) is 217 cm³/mol. The molecule has 2 heterocycles. The smallest absolute Gasteiger partial charge is 0.164 e. The average Bonchev–Trinajstić information content (AvgIpc) is 3.19. The Morgan fingerprint density at radius 3 is 2.20 bits per heavy atom. The zero-order chi connectivity index (χ0) is 35.4. The topological polar surface area (TPSA) is 51.6 Å². The van der Waals surface area contributed by atoms with Crippen molar-refractivity contribution in [2.24, 2.45) is 0 Å². The van der Waals surface area contributed by atoms with Crippen LogP contribution < -0.4 is 0 Å². The maximum atomic E-state index is 5.06. The number of fused-ring (bicyclic) bond motifs is 1. The van der Waals surface area contributed by atoms with Crippen LogP contribution in [0.1, 0.15) is 42.9 Å². The Morgan fingerprint density at radius 1 is 0.667 bits per heavy atom. The molecule has 4 aromatic carbocycles. The second-order valence-electron chi connectivity index (χ2n) is 11.9. The molecule has 0 fully saturated rings. The van der Waals surface area contributed by atoms with Crippen molar-refractivity contribution < 1.29 is 0 Å². The van der Waals surface area contributed by atoms with Gasteiger partial charge < -0.3 is 0 Å². The summed E-state index contributed by atoms with van der Waals surface area (Å²) in [6.07, 6.45) is 22.7. The van der Waals surface area contributed by atoms with E-state index in [4.69, 9.17) is 15.0 Å². The van der Waals surface area contributed by atoms with Gasteiger partial charge >= 0.3 is 0 Å². The molecule has 248 valence electrons. The second-order valence-corrected chi connectivity index (χ2v) is 11.9. The van der Waals surface area contributed by atoms with Gasteiger partial charge in [-0.2, -0.15) is 0 Å². The Morgan fingerprint density at radius 2 is 1.43 bits per heavy atom. The number of allylic oxidation sites excluding steroid dienone is 10. The molecule has 0 saturated heterocycles. The minimum Gasteiger partial charge on any atom is -0.257 e. The fourth-order valence-electron chi connectivity index (χ4n) is 5.73. The van der Waals surface area contributed by atoms with E-state index in [2.05, 4.69) is 122 Å². The Bertz CT molecular complexity index is 2340. The maximum absolute atomic E-state index is 5.06. The van der Waals surface area contributed by atoms with E-state index in [0.29, 0.717) is 17.5 Å². The largest absolute Gasteiger partial charge is 0.257 e. The lowest BCUT2D eigenvalue weighted by atomic mass is 9.95. The van der Waals surface area contributed by atoms with Crippen LogP contribution in [-0.4, -0.2) is 19.9 Å². The molecule has 4 heteroatoms. The SMILES string of the molecule is C=C/C=C\c1cc(-c2cc(/C(C=C)=C/C=C/c3ccc4ccccc4c3)cc(-c3nc(C(/C=C\CC)=C/C)nc(-c4ccccc4)n3)c2)ccn1. The van der Waals surface area contributed by atoms with E-state index in [1.54, 1.807) is 6.08 Å². The van der Waals surface area contributed by atoms with Crippen molar-refractivity contribution in [3.8, 4) is 33.9 Å². The van der Waals surface area contributed by atoms with Gasteiger partial charge in [-0.15, -0.1) is 0 Å². The molecule has 0 aliphatic rings. The number of hydrogen-bond acceptors (Lipinski definition) is 4. The molecule has 0 N–H and O–H groups in total. The molecular formula is C47H40N4. The summed E-state index contributed by atoms with van der Waals surface area (Å²) in [4.78, 5) is 19.6. The summed E-state index contributed by atoms with van der Waals surface area (Å²) >= 11 is 0. The fourth-order valence-corrected chi connectivity index (χ4v) is 5.73. The average molecular weight is 661 g/mol. The number of hydrogen-bond donors (Lipinski definition) is 0. The zero-order valence-electron chi connectivity index (χ0n) is 29.1. The van der Waals surface area contributed by atoms with E-state index in [-0.39, 0.29) is 0 Å². The standard InChI is InChI=1S/C47H40N4/c1-5-9-18-36(8-4)45-49-46(38-20-12-11-13-21-38)51-47(50-45)43-31-41(30-42(32-43)40-27-28-48-44(33-40)24-10-6-2)35(7-3)23-16-17-34-25-26-37-19-14-15-22-39(37)29-34/h6-33H,2-3,5H2,1,4H3/b17-16+,18-9-,24-10-,35-23+,36-8+. The number of rotatable bonds is 12. The molecule has 0 aliphatic heterocycles. The van der Waals surface area contributed by atoms with E-state index < -0.39 is 0 Å². The first-order valence-electron chi connectivity index (χ1n) is 17.1. The molecule has 51 heavy (non-hydrogen) atoms. The quantitative estimate of drug-likeness (QED) is 0.123. The summed E-state index contributed by atoms with van der Waals surface area (Å²) in [7, 11) is 0. The Hall–Kier alpha value is -6.52. The van der Waals surface area contributed by atoms with Crippen LogP contribution >= 0.6 is 0 Å². The van der Waals surface area contributed by atoms with Crippen molar-refractivity contribution >= 4 is 34.1 Å². The van der Waals surface area contributed by atoms with Crippen LogP contribution in [-0.2, 0) is 0 Å². The van der Waals surface area contributed by atoms with Crippen molar-refractivity contribution in [3.63, 3.8) is 0 Å². The highest BCUT2D eigenvalue weighted by molar-refractivity contribution is 5.86. The van der Waals surface area contributed by atoms with Gasteiger partial charge in [-0.05, 0) is 94.4 Å². The predicted octanol–water partition coefficient (Wildman–Crippen LogP) is 12.3. The highest BCUT2D eigenvalue weighted by Crippen LogP contribution is 2.32. The van der Waals surface area contributed by atoms with Crippen molar-refractivity contribution in [2.75, 3.05) is 0 Å². The molecule has 0 unspecified atom stereocenters. The summed E-state index contributed by atoms with van der Waals surface area (Å²) in [5, 5.41) is 2.43. The third-order valence-electron chi connectivity index (χ3n) is 8.37. The fraction of sp³-hybridized carbons (Fsp3) is 0.0638. The van der Waals surface area contributed by atoms with Gasteiger partial charge in [-0.25, -0.2) is 15.0 Å². The maximum Gasteiger partial charge on any atom is 0.164 e. The van der Waals surface area contributed by atoms with Crippen LogP contribution in [0, 0.1) is 0 Å². The summed E-state index contributed by atoms with van der Waals surface area (Å²) in [5.74, 6) is 1.82. The zero-order valence-corrected chi connectivity index (χ0v) is 29.1. The first-order valence-corrected chi connectivity index (χ1v) is 17.1. The first-order chi connectivity index (χ1) is 25.1. The molecule has 0 radical (unpaired) electrons. The van der Waals surface area contributed by atoms with Gasteiger partial charge in [0.1, 0.15) is 0 Å². The Kier molecular flexibility index (Phi) is 11.3. The van der Waals surface area contributed by atoms with Gasteiger partial charge in [-0.1, -0.05) is 141 Å². The summed E-state index contributed by atoms with van der Waals surface area (Å²) in [6, 6.07) is 35.5. The molecule has 0 aliphatic carbocycles. The summed E-state index contributed by atoms with van der Waals surface area (Å²) in [5.41, 5.74) is 8.67. The molecule has 2 aromatic heterocycles. The number of nitrogens with zero attached hydrogens (tertiary/aromatic N) is 4. The Labute approximate surface area is 301 Å². The van der Waals surface area contributed by atoms with Crippen LogP contribution in [0.15, 0.2) is 171 Å². The molecular weight excluding hydrogens is 621 g/mol. The molecule has 6 aromatic rings. The van der Waals surface area contributed by atoms with Gasteiger partial charge in [0.2, 0.25) is 0 Å². The lowest BCUT2D eigenvalue weighted by Crippen LogP contribution is -2.03. The van der Waals surface area contributed by atoms with Crippen LogP contribution in [0.25, 0.3) is 68.0 Å². The summed E-state index contributed by atoms with van der Waals surface area (Å²) < 4.78 is 0.